The molecule has 0 bridgehead atoms. The average Bonchev–Trinajstić information content (AvgIpc) is 2.45. The molecular weight excluding hydrogens is 196 g/mol. The van der Waals surface area contributed by atoms with Crippen LogP contribution < -0.4 is 5.56 Å². The first kappa shape index (κ1) is 9.89. The number of carbonyl (C=O) groups is 1. The quantitative estimate of drug-likeness (QED) is 0.730. The largest absolute Gasteiger partial charge is 0.481 e. The lowest BCUT2D eigenvalue weighted by atomic mass is 10.0. The Kier molecular flexibility index (Phi) is 2.30. The van der Waals surface area contributed by atoms with E-state index in [1.807, 2.05) is 0 Å². The number of nitrogens with one attached hydrogen (secondary N) is 1. The molecule has 80 valence electrons. The molecule has 1 heterocycles. The van der Waals surface area contributed by atoms with E-state index < -0.39 is 5.97 Å². The second-order valence-electron chi connectivity index (χ2n) is 3.95. The zero-order valence-electron chi connectivity index (χ0n) is 8.41. The summed E-state index contributed by atoms with van der Waals surface area (Å²) >= 11 is 0. The van der Waals surface area contributed by atoms with E-state index in [0.29, 0.717) is 24.2 Å². The van der Waals surface area contributed by atoms with Crippen molar-refractivity contribution in [2.45, 2.75) is 26.2 Å². The van der Waals surface area contributed by atoms with E-state index in [4.69, 9.17) is 5.11 Å². The minimum absolute atomic E-state index is 0.0212. The van der Waals surface area contributed by atoms with Crippen LogP contribution in [0.5, 0.6) is 0 Å². The summed E-state index contributed by atoms with van der Waals surface area (Å²) in [6.45, 7) is 1.73. The van der Waals surface area contributed by atoms with Gasteiger partial charge in [0.1, 0.15) is 5.82 Å². The van der Waals surface area contributed by atoms with Gasteiger partial charge in [-0.3, -0.25) is 9.59 Å². The molecule has 1 aromatic heterocycles. The highest BCUT2D eigenvalue weighted by atomic mass is 16.4. The third kappa shape index (κ3) is 1.91. The molecule has 0 aliphatic heterocycles. The van der Waals surface area contributed by atoms with Gasteiger partial charge in [0.05, 0.1) is 5.69 Å². The predicted octanol–water partition coefficient (Wildman–Crippen LogP) is 0.268. The van der Waals surface area contributed by atoms with Gasteiger partial charge in [-0.25, -0.2) is 4.98 Å². The topological polar surface area (TPSA) is 83.0 Å². The van der Waals surface area contributed by atoms with Crippen molar-refractivity contribution in [2.75, 3.05) is 0 Å². The van der Waals surface area contributed by atoms with Gasteiger partial charge >= 0.3 is 5.97 Å². The van der Waals surface area contributed by atoms with Crippen LogP contribution in [0.3, 0.4) is 0 Å². The molecule has 2 N–H and O–H groups in total. The number of aliphatic carboxylic acids is 1. The summed E-state index contributed by atoms with van der Waals surface area (Å²) in [5, 5.41) is 8.67. The van der Waals surface area contributed by atoms with Crippen LogP contribution in [0.25, 0.3) is 0 Å². The maximum Gasteiger partial charge on any atom is 0.303 e. The molecular formula is C10H12N2O3. The second kappa shape index (κ2) is 3.49. The van der Waals surface area contributed by atoms with Crippen molar-refractivity contribution in [3.05, 3.63) is 27.4 Å². The first-order valence-electron chi connectivity index (χ1n) is 4.86. The number of fused-ring (bicyclic) bond motifs is 1. The minimum Gasteiger partial charge on any atom is -0.481 e. The zero-order chi connectivity index (χ0) is 11.0. The maximum atomic E-state index is 11.5. The number of hydrogen-bond donors (Lipinski definition) is 2. The fraction of sp³-hybridized carbons (Fsp3) is 0.500. The minimum atomic E-state index is -0.819. The maximum absolute atomic E-state index is 11.5. The third-order valence-corrected chi connectivity index (χ3v) is 2.66. The van der Waals surface area contributed by atoms with Gasteiger partial charge < -0.3 is 10.1 Å². The van der Waals surface area contributed by atoms with Crippen LogP contribution in [-0.2, 0) is 17.6 Å². The molecule has 1 atom stereocenters. The SMILES string of the molecule is Cc1nc2c(c(=O)[nH]1)CC(CC(=O)O)C2. The standard InChI is InChI=1S/C10H12N2O3/c1-5-11-8-3-6(4-9(13)14)2-7(8)10(15)12-5/h6H,2-4H2,1H3,(H,13,14)(H,11,12,15). The van der Waals surface area contributed by atoms with Gasteiger partial charge in [-0.1, -0.05) is 0 Å². The summed E-state index contributed by atoms with van der Waals surface area (Å²) in [6.07, 6.45) is 1.24. The number of H-pyrrole nitrogens is 1. The monoisotopic (exact) mass is 208 g/mol. The van der Waals surface area contributed by atoms with Gasteiger partial charge in [0.15, 0.2) is 0 Å². The Morgan fingerprint density at radius 1 is 1.60 bits per heavy atom. The molecule has 1 aliphatic carbocycles. The molecule has 0 fully saturated rings. The van der Waals surface area contributed by atoms with Crippen molar-refractivity contribution in [1.29, 1.82) is 0 Å². The molecule has 5 heteroatoms. The lowest BCUT2D eigenvalue weighted by molar-refractivity contribution is -0.138. The van der Waals surface area contributed by atoms with Crippen LogP contribution in [0, 0.1) is 12.8 Å². The Balaban J connectivity index is 2.27. The molecule has 1 aliphatic rings. The first-order valence-corrected chi connectivity index (χ1v) is 4.86. The summed E-state index contributed by atoms with van der Waals surface area (Å²) in [6, 6.07) is 0. The fourth-order valence-electron chi connectivity index (χ4n) is 2.07. The summed E-state index contributed by atoms with van der Waals surface area (Å²) in [5.41, 5.74) is 1.31. The lowest BCUT2D eigenvalue weighted by Gasteiger charge is -2.02. The highest BCUT2D eigenvalue weighted by molar-refractivity contribution is 5.67. The Labute approximate surface area is 86.2 Å². The van der Waals surface area contributed by atoms with Gasteiger partial charge in [-0.2, -0.15) is 0 Å². The van der Waals surface area contributed by atoms with Crippen molar-refractivity contribution < 1.29 is 9.90 Å². The highest BCUT2D eigenvalue weighted by Gasteiger charge is 2.27. The first-order chi connectivity index (χ1) is 7.06. The summed E-state index contributed by atoms with van der Waals surface area (Å²) in [5.74, 6) is -0.205. The van der Waals surface area contributed by atoms with Crippen LogP contribution in [0.4, 0.5) is 0 Å². The zero-order valence-corrected chi connectivity index (χ0v) is 8.41. The van der Waals surface area contributed by atoms with Crippen molar-refractivity contribution in [2.24, 2.45) is 5.92 Å². The molecule has 2 rings (SSSR count). The summed E-state index contributed by atoms with van der Waals surface area (Å²) in [4.78, 5) is 28.9. The molecule has 0 spiro atoms. The molecule has 1 unspecified atom stereocenters. The van der Waals surface area contributed by atoms with E-state index in [9.17, 15) is 9.59 Å². The number of aromatic amines is 1. The molecule has 0 saturated heterocycles. The van der Waals surface area contributed by atoms with E-state index in [1.165, 1.54) is 0 Å². The molecule has 5 nitrogen and oxygen atoms in total. The van der Waals surface area contributed by atoms with E-state index in [0.717, 1.165) is 5.69 Å². The van der Waals surface area contributed by atoms with Crippen molar-refractivity contribution in [1.82, 2.24) is 9.97 Å². The van der Waals surface area contributed by atoms with E-state index in [2.05, 4.69) is 9.97 Å². The van der Waals surface area contributed by atoms with Crippen LogP contribution >= 0.6 is 0 Å². The number of nitrogens with zero attached hydrogens (tertiary/aromatic N) is 1. The highest BCUT2D eigenvalue weighted by Crippen LogP contribution is 2.24. The molecule has 1 aromatic rings. The van der Waals surface area contributed by atoms with Gasteiger partial charge in [-0.05, 0) is 25.7 Å². The molecule has 0 aromatic carbocycles. The van der Waals surface area contributed by atoms with Gasteiger partial charge in [0.2, 0.25) is 0 Å². The molecule has 15 heavy (non-hydrogen) atoms. The number of carboxylic acid groups (broad SMARTS) is 1. The predicted molar refractivity (Wildman–Crippen MR) is 52.7 cm³/mol. The second-order valence-corrected chi connectivity index (χ2v) is 3.95. The number of carboxylic acids is 1. The van der Waals surface area contributed by atoms with E-state index >= 15 is 0 Å². The fourth-order valence-corrected chi connectivity index (χ4v) is 2.07. The van der Waals surface area contributed by atoms with Crippen molar-refractivity contribution >= 4 is 5.97 Å². The molecule has 0 saturated carbocycles. The Morgan fingerprint density at radius 2 is 2.33 bits per heavy atom. The average molecular weight is 208 g/mol. The van der Waals surface area contributed by atoms with Crippen LogP contribution in [0.2, 0.25) is 0 Å². The van der Waals surface area contributed by atoms with E-state index in [1.54, 1.807) is 6.92 Å². The number of aromatic nitrogens is 2. The van der Waals surface area contributed by atoms with Crippen LogP contribution in [0.15, 0.2) is 4.79 Å². The lowest BCUT2D eigenvalue weighted by Crippen LogP contribution is -2.15. The summed E-state index contributed by atoms with van der Waals surface area (Å²) < 4.78 is 0. The van der Waals surface area contributed by atoms with Crippen LogP contribution in [0.1, 0.15) is 23.5 Å². The van der Waals surface area contributed by atoms with Gasteiger partial charge in [0.25, 0.3) is 5.56 Å². The number of aryl methyl sites for hydroxylation is 1. The van der Waals surface area contributed by atoms with E-state index in [-0.39, 0.29) is 17.9 Å². The molecule has 0 amide bonds. The van der Waals surface area contributed by atoms with Crippen molar-refractivity contribution in [3.63, 3.8) is 0 Å². The molecule has 0 radical (unpaired) electrons. The smallest absolute Gasteiger partial charge is 0.303 e. The number of rotatable bonds is 2. The third-order valence-electron chi connectivity index (χ3n) is 2.66. The summed E-state index contributed by atoms with van der Waals surface area (Å²) in [7, 11) is 0. The Hall–Kier alpha value is -1.65. The Bertz CT molecular complexity index is 464. The normalized spacial score (nSPS) is 18.9. The number of hydrogen-bond acceptors (Lipinski definition) is 3. The van der Waals surface area contributed by atoms with Crippen LogP contribution in [-0.4, -0.2) is 21.0 Å². The van der Waals surface area contributed by atoms with Gasteiger partial charge in [0, 0.05) is 12.0 Å². The van der Waals surface area contributed by atoms with Crippen molar-refractivity contribution in [3.8, 4) is 0 Å². The van der Waals surface area contributed by atoms with Gasteiger partial charge in [-0.15, -0.1) is 0 Å². The Morgan fingerprint density at radius 3 is 3.00 bits per heavy atom.